The van der Waals surface area contributed by atoms with E-state index in [1.165, 1.54) is 0 Å². The third-order valence-corrected chi connectivity index (χ3v) is 3.38. The fourth-order valence-electron chi connectivity index (χ4n) is 2.07. The zero-order valence-corrected chi connectivity index (χ0v) is 17.2. The standard InChI is InChI=1S/C8H10O2.C6H10O5.C2H6N.W/c9-6-5-7-1-3-8(10)4-2-7;7-1-2-3(8)4(9)5-6(10-2)11-5;1-3-2;/h1-4,9-10H,5-6H2;2-9H,1H2;1-2H3;/q;;-1;. The van der Waals surface area contributed by atoms with Crippen LogP contribution in [0.15, 0.2) is 24.3 Å². The zero-order chi connectivity index (χ0) is 18.1. The van der Waals surface area contributed by atoms with Gasteiger partial charge in [0.25, 0.3) is 0 Å². The van der Waals surface area contributed by atoms with E-state index >= 15 is 0 Å². The Kier molecular flexibility index (Phi) is 12.4. The molecule has 0 saturated carbocycles. The first-order chi connectivity index (χ1) is 11.5. The van der Waals surface area contributed by atoms with E-state index in [1.54, 1.807) is 38.4 Å². The molecule has 1 aromatic carbocycles. The number of fused-ring (bicyclic) bond motifs is 1. The summed E-state index contributed by atoms with van der Waals surface area (Å²) >= 11 is 0. The monoisotopic (exact) mass is 528 g/mol. The number of nitrogens with zero attached hydrogens (tertiary/aromatic N) is 1. The van der Waals surface area contributed by atoms with Crippen LogP contribution in [0.5, 0.6) is 5.75 Å². The average molecular weight is 528 g/mol. The van der Waals surface area contributed by atoms with Crippen molar-refractivity contribution in [1.29, 1.82) is 0 Å². The number of aromatic hydroxyl groups is 1. The maximum absolute atomic E-state index is 9.22. The summed E-state index contributed by atoms with van der Waals surface area (Å²) in [7, 11) is 3.50. The first kappa shape index (κ1) is 24.4. The molecule has 2 aliphatic heterocycles. The number of phenols is 1. The predicted octanol–water partition coefficient (Wildman–Crippen LogP) is -0.632. The van der Waals surface area contributed by atoms with E-state index in [2.05, 4.69) is 5.32 Å². The van der Waals surface area contributed by atoms with Gasteiger partial charge in [-0.3, -0.25) is 0 Å². The van der Waals surface area contributed by atoms with E-state index in [1.807, 2.05) is 0 Å². The number of rotatable bonds is 3. The Morgan fingerprint density at radius 2 is 1.56 bits per heavy atom. The molecule has 0 aromatic heterocycles. The van der Waals surface area contributed by atoms with Gasteiger partial charge in [-0.05, 0) is 24.1 Å². The van der Waals surface area contributed by atoms with Crippen molar-refractivity contribution in [2.75, 3.05) is 27.3 Å². The SMILES string of the molecule is C[N-]C.OCC1OC2OC2C(O)C1O.OCCc1ccc(O)cc1.[W]. The first-order valence-corrected chi connectivity index (χ1v) is 7.63. The maximum Gasteiger partial charge on any atom is 0.187 e. The van der Waals surface area contributed by atoms with Crippen molar-refractivity contribution in [3.05, 3.63) is 35.1 Å². The minimum absolute atomic E-state index is 0. The molecule has 0 radical (unpaired) electrons. The molecule has 0 spiro atoms. The average Bonchev–Trinajstić information content (AvgIpc) is 3.34. The second-order valence-electron chi connectivity index (χ2n) is 5.39. The van der Waals surface area contributed by atoms with Gasteiger partial charge in [-0.25, -0.2) is 0 Å². The van der Waals surface area contributed by atoms with Crippen LogP contribution in [-0.2, 0) is 37.0 Å². The molecule has 5 atom stereocenters. The van der Waals surface area contributed by atoms with Crippen molar-refractivity contribution < 1.29 is 56.1 Å². The molecule has 5 unspecified atom stereocenters. The largest absolute Gasteiger partial charge is 0.668 e. The predicted molar refractivity (Wildman–Crippen MR) is 86.7 cm³/mol. The second-order valence-corrected chi connectivity index (χ2v) is 5.39. The van der Waals surface area contributed by atoms with Crippen LogP contribution in [0.2, 0.25) is 0 Å². The summed E-state index contributed by atoms with van der Waals surface area (Å²) in [5.41, 5.74) is 1.04. The van der Waals surface area contributed by atoms with Gasteiger partial charge in [-0.2, -0.15) is 14.1 Å². The Morgan fingerprint density at radius 3 is 2.04 bits per heavy atom. The summed E-state index contributed by atoms with van der Waals surface area (Å²) in [5, 5.41) is 48.0. The molecule has 2 aliphatic rings. The molecule has 1 aromatic rings. The Morgan fingerprint density at radius 1 is 1.00 bits per heavy atom. The van der Waals surface area contributed by atoms with Crippen LogP contribution in [0.3, 0.4) is 0 Å². The van der Waals surface area contributed by atoms with Crippen LogP contribution in [0.1, 0.15) is 5.56 Å². The van der Waals surface area contributed by atoms with Crippen LogP contribution in [0, 0.1) is 0 Å². The summed E-state index contributed by atoms with van der Waals surface area (Å²) in [6.07, 6.45) is -2.85. The van der Waals surface area contributed by atoms with Gasteiger partial charge in [0.1, 0.15) is 30.2 Å². The van der Waals surface area contributed by atoms with E-state index in [9.17, 15) is 10.2 Å². The minimum atomic E-state index is -1.04. The third-order valence-electron chi connectivity index (χ3n) is 3.38. The normalized spacial score (nSPS) is 29.0. The number of benzene rings is 1. The van der Waals surface area contributed by atoms with Crippen molar-refractivity contribution in [3.8, 4) is 5.75 Å². The molecule has 0 bridgehead atoms. The van der Waals surface area contributed by atoms with Crippen molar-refractivity contribution in [1.82, 2.24) is 0 Å². The number of hydrogen-bond acceptors (Lipinski definition) is 7. The molecular formula is C16H26NO7W-. The van der Waals surface area contributed by atoms with Gasteiger partial charge < -0.3 is 40.3 Å². The Bertz CT molecular complexity index is 462. The number of hydrogen-bond donors (Lipinski definition) is 5. The number of aliphatic hydroxyl groups is 4. The van der Waals surface area contributed by atoms with Crippen molar-refractivity contribution in [2.24, 2.45) is 0 Å². The summed E-state index contributed by atoms with van der Waals surface area (Å²) in [4.78, 5) is 0. The molecule has 0 aliphatic carbocycles. The van der Waals surface area contributed by atoms with Crippen LogP contribution in [0.25, 0.3) is 5.32 Å². The second kappa shape index (κ2) is 12.7. The van der Waals surface area contributed by atoms with Crippen LogP contribution in [0.4, 0.5) is 0 Å². The summed E-state index contributed by atoms with van der Waals surface area (Å²) in [5.74, 6) is 0.265. The van der Waals surface area contributed by atoms with E-state index in [4.69, 9.17) is 24.8 Å². The fourth-order valence-corrected chi connectivity index (χ4v) is 2.07. The molecule has 25 heavy (non-hydrogen) atoms. The van der Waals surface area contributed by atoms with Crippen LogP contribution < -0.4 is 0 Å². The quantitative estimate of drug-likeness (QED) is 0.330. The summed E-state index contributed by atoms with van der Waals surface area (Å²) in [6, 6.07) is 6.83. The van der Waals surface area contributed by atoms with Crippen molar-refractivity contribution >= 4 is 0 Å². The van der Waals surface area contributed by atoms with E-state index in [0.29, 0.717) is 6.42 Å². The number of epoxide rings is 1. The molecule has 144 valence electrons. The van der Waals surface area contributed by atoms with Gasteiger partial charge in [-0.15, -0.1) is 0 Å². The van der Waals surface area contributed by atoms with E-state index in [0.717, 1.165) is 5.56 Å². The molecule has 5 N–H and O–H groups in total. The smallest absolute Gasteiger partial charge is 0.187 e. The Labute approximate surface area is 161 Å². The topological polar surface area (TPSA) is 137 Å². The van der Waals surface area contributed by atoms with Gasteiger partial charge in [-0.1, -0.05) is 12.1 Å². The number of aliphatic hydroxyl groups excluding tert-OH is 4. The Hall–Kier alpha value is -0.572. The van der Waals surface area contributed by atoms with Gasteiger partial charge in [0.15, 0.2) is 6.29 Å². The Balaban J connectivity index is 0.000000388. The number of phenolic OH excluding ortho intramolecular Hbond substituents is 1. The van der Waals surface area contributed by atoms with Crippen molar-refractivity contribution in [3.63, 3.8) is 0 Å². The van der Waals surface area contributed by atoms with Gasteiger partial charge in [0.05, 0.1) is 6.61 Å². The minimum Gasteiger partial charge on any atom is -0.668 e. The van der Waals surface area contributed by atoms with Gasteiger partial charge >= 0.3 is 0 Å². The summed E-state index contributed by atoms with van der Waals surface area (Å²) < 4.78 is 9.86. The van der Waals surface area contributed by atoms with E-state index < -0.39 is 30.7 Å². The van der Waals surface area contributed by atoms with Gasteiger partial charge in [0.2, 0.25) is 0 Å². The molecule has 9 heteroatoms. The van der Waals surface area contributed by atoms with Crippen LogP contribution in [-0.4, -0.2) is 83.5 Å². The third kappa shape index (κ3) is 8.11. The van der Waals surface area contributed by atoms with Gasteiger partial charge in [0, 0.05) is 27.7 Å². The maximum atomic E-state index is 9.22. The molecule has 2 fully saturated rings. The van der Waals surface area contributed by atoms with Crippen LogP contribution >= 0.6 is 0 Å². The molecule has 0 amide bonds. The first-order valence-electron chi connectivity index (χ1n) is 7.63. The fraction of sp³-hybridized carbons (Fsp3) is 0.625. The molecule has 8 nitrogen and oxygen atoms in total. The van der Waals surface area contributed by atoms with E-state index in [-0.39, 0.29) is 40.0 Å². The molecule has 3 rings (SSSR count). The zero-order valence-electron chi connectivity index (χ0n) is 14.2. The summed E-state index contributed by atoms with van der Waals surface area (Å²) in [6.45, 7) is -0.143. The number of ether oxygens (including phenoxy) is 2. The van der Waals surface area contributed by atoms with Crippen molar-refractivity contribution in [2.45, 2.75) is 37.1 Å². The molecule has 2 heterocycles. The molecular weight excluding hydrogens is 502 g/mol. The molecule has 2 saturated heterocycles.